The number of aromatic nitrogens is 4. The second kappa shape index (κ2) is 13.9. The van der Waals surface area contributed by atoms with Gasteiger partial charge < -0.3 is 19.3 Å². The van der Waals surface area contributed by atoms with Crippen molar-refractivity contribution in [1.82, 2.24) is 30.8 Å². The first-order chi connectivity index (χ1) is 18.4. The fourth-order valence-electron chi connectivity index (χ4n) is 3.22. The van der Waals surface area contributed by atoms with Gasteiger partial charge in [-0.1, -0.05) is 0 Å². The van der Waals surface area contributed by atoms with Crippen LogP contribution in [0.5, 0.6) is 0 Å². The fraction of sp³-hybridized carbons (Fsp3) is 0.542. The first kappa shape index (κ1) is 30.8. The molecule has 0 atom stereocenters. The molecule has 0 saturated carbocycles. The number of carbonyl (C=O) groups is 3. The van der Waals surface area contributed by atoms with E-state index in [0.29, 0.717) is 32.1 Å². The Morgan fingerprint density at radius 2 is 1.23 bits per heavy atom. The Morgan fingerprint density at radius 3 is 1.69 bits per heavy atom. The normalized spacial score (nSPS) is 10.8. The molecule has 2 aromatic rings. The summed E-state index contributed by atoms with van der Waals surface area (Å²) < 4.78 is 10.0. The summed E-state index contributed by atoms with van der Waals surface area (Å²) in [7, 11) is 1.25. The molecular formula is C24H38N10O5. The lowest BCUT2D eigenvalue weighted by Gasteiger charge is -2.22. The Balaban J connectivity index is 2.30. The standard InChI is InChI=1S/C24H38N10O5/c1-9-33(10-2)21-25-15(13-17(27-21)30-32-23(37)39-24(5,6)7)19(35)31-29-18-14-16(20(36)38-8)26-22(28-18)34(11-3)12-4/h13-14H,9-12H2,1-8H3,(H,31,35)(H,32,37)(H,25,27,30)(H,26,28,29). The predicted molar refractivity (Wildman–Crippen MR) is 147 cm³/mol. The molecule has 0 unspecified atom stereocenters. The van der Waals surface area contributed by atoms with Crippen LogP contribution in [-0.2, 0) is 9.47 Å². The molecule has 0 aliphatic heterocycles. The van der Waals surface area contributed by atoms with Crippen LogP contribution in [0.2, 0.25) is 0 Å². The molecule has 0 spiro atoms. The van der Waals surface area contributed by atoms with Crippen LogP contribution >= 0.6 is 0 Å². The minimum absolute atomic E-state index is 0.000831. The van der Waals surface area contributed by atoms with Crippen molar-refractivity contribution >= 4 is 41.5 Å². The van der Waals surface area contributed by atoms with Gasteiger partial charge in [-0.15, -0.1) is 0 Å². The topological polar surface area (TPSA) is 176 Å². The summed E-state index contributed by atoms with van der Waals surface area (Å²) in [5, 5.41) is 0. The minimum atomic E-state index is -0.715. The molecule has 0 aliphatic carbocycles. The predicted octanol–water partition coefficient (Wildman–Crippen LogP) is 2.35. The van der Waals surface area contributed by atoms with Gasteiger partial charge in [-0.25, -0.2) is 25.0 Å². The third kappa shape index (κ3) is 9.12. The van der Waals surface area contributed by atoms with Gasteiger partial charge in [-0.05, 0) is 48.5 Å². The summed E-state index contributed by atoms with van der Waals surface area (Å²) in [6.07, 6.45) is -0.715. The molecule has 2 aromatic heterocycles. The Hall–Kier alpha value is -4.43. The van der Waals surface area contributed by atoms with Crippen molar-refractivity contribution in [2.45, 2.75) is 54.1 Å². The van der Waals surface area contributed by atoms with E-state index >= 15 is 0 Å². The molecule has 15 heteroatoms. The molecule has 0 aromatic carbocycles. The van der Waals surface area contributed by atoms with E-state index in [2.05, 4.69) is 41.6 Å². The van der Waals surface area contributed by atoms with Crippen LogP contribution in [0, 0.1) is 0 Å². The fourth-order valence-corrected chi connectivity index (χ4v) is 3.22. The van der Waals surface area contributed by atoms with E-state index in [1.165, 1.54) is 19.2 Å². The number of anilines is 4. The number of carbonyl (C=O) groups excluding carboxylic acids is 3. The number of nitrogens with zero attached hydrogens (tertiary/aromatic N) is 6. The second-order valence-corrected chi connectivity index (χ2v) is 9.04. The van der Waals surface area contributed by atoms with E-state index < -0.39 is 23.6 Å². The first-order valence-corrected chi connectivity index (χ1v) is 12.6. The number of hydrazine groups is 2. The molecule has 2 amide bonds. The molecule has 4 N–H and O–H groups in total. The average Bonchev–Trinajstić information content (AvgIpc) is 2.90. The van der Waals surface area contributed by atoms with Gasteiger partial charge in [0, 0.05) is 38.3 Å². The molecule has 0 aliphatic rings. The quantitative estimate of drug-likeness (QED) is 0.226. The van der Waals surface area contributed by atoms with E-state index in [1.807, 2.05) is 37.5 Å². The first-order valence-electron chi connectivity index (χ1n) is 12.6. The SMILES string of the molecule is CCN(CC)c1nc(NNC(=O)OC(C)(C)C)cc(C(=O)NNc2cc(C(=O)OC)nc(N(CC)CC)n2)n1. The van der Waals surface area contributed by atoms with Crippen LogP contribution in [0.25, 0.3) is 0 Å². The van der Waals surface area contributed by atoms with Crippen molar-refractivity contribution < 1.29 is 23.9 Å². The maximum absolute atomic E-state index is 13.1. The van der Waals surface area contributed by atoms with Crippen LogP contribution in [-0.4, -0.2) is 76.8 Å². The van der Waals surface area contributed by atoms with E-state index in [0.717, 1.165) is 0 Å². The van der Waals surface area contributed by atoms with Crippen molar-refractivity contribution in [3.05, 3.63) is 23.5 Å². The average molecular weight is 547 g/mol. The highest BCUT2D eigenvalue weighted by atomic mass is 16.6. The zero-order valence-electron chi connectivity index (χ0n) is 23.7. The Kier molecular flexibility index (Phi) is 11.0. The van der Waals surface area contributed by atoms with Crippen LogP contribution < -0.4 is 31.5 Å². The Labute approximate surface area is 228 Å². The number of hydrogen-bond acceptors (Lipinski definition) is 13. The van der Waals surface area contributed by atoms with E-state index in [9.17, 15) is 14.4 Å². The molecule has 39 heavy (non-hydrogen) atoms. The largest absolute Gasteiger partial charge is 0.464 e. The highest BCUT2D eigenvalue weighted by Crippen LogP contribution is 2.16. The van der Waals surface area contributed by atoms with Gasteiger partial charge in [0.2, 0.25) is 11.9 Å². The van der Waals surface area contributed by atoms with Gasteiger partial charge >= 0.3 is 12.1 Å². The van der Waals surface area contributed by atoms with Gasteiger partial charge in [0.1, 0.15) is 11.3 Å². The molecule has 0 saturated heterocycles. The lowest BCUT2D eigenvalue weighted by molar-refractivity contribution is 0.0539. The monoisotopic (exact) mass is 546 g/mol. The van der Waals surface area contributed by atoms with Crippen LogP contribution in [0.15, 0.2) is 12.1 Å². The molecule has 214 valence electrons. The van der Waals surface area contributed by atoms with Gasteiger partial charge in [0.05, 0.1) is 7.11 Å². The number of esters is 1. The van der Waals surface area contributed by atoms with Gasteiger partial charge in [0.15, 0.2) is 17.3 Å². The summed E-state index contributed by atoms with van der Waals surface area (Å²) in [6, 6.07) is 2.72. The van der Waals surface area contributed by atoms with Crippen LogP contribution in [0.4, 0.5) is 28.3 Å². The summed E-state index contributed by atoms with van der Waals surface area (Å²) in [4.78, 5) is 58.4. The molecule has 0 radical (unpaired) electrons. The molecule has 0 bridgehead atoms. The summed E-state index contributed by atoms with van der Waals surface area (Å²) in [6.45, 7) is 15.3. The number of nitrogens with one attached hydrogen (secondary N) is 4. The third-order valence-corrected chi connectivity index (χ3v) is 5.14. The van der Waals surface area contributed by atoms with E-state index in [4.69, 9.17) is 9.47 Å². The highest BCUT2D eigenvalue weighted by Gasteiger charge is 2.19. The molecule has 15 nitrogen and oxygen atoms in total. The number of ether oxygens (including phenoxy) is 2. The maximum atomic E-state index is 13.1. The van der Waals surface area contributed by atoms with Crippen molar-refractivity contribution in [3.63, 3.8) is 0 Å². The number of hydrogen-bond donors (Lipinski definition) is 4. The van der Waals surface area contributed by atoms with Crippen LogP contribution in [0.3, 0.4) is 0 Å². The zero-order valence-corrected chi connectivity index (χ0v) is 23.7. The number of rotatable bonds is 12. The van der Waals surface area contributed by atoms with Gasteiger partial charge in [-0.3, -0.25) is 21.1 Å². The summed E-state index contributed by atoms with van der Waals surface area (Å²) in [5.41, 5.74) is 9.62. The molecule has 2 heterocycles. The Morgan fingerprint density at radius 1 is 0.769 bits per heavy atom. The molecule has 2 rings (SSSR count). The van der Waals surface area contributed by atoms with Crippen molar-refractivity contribution in [1.29, 1.82) is 0 Å². The second-order valence-electron chi connectivity index (χ2n) is 9.04. The van der Waals surface area contributed by atoms with E-state index in [1.54, 1.807) is 20.8 Å². The maximum Gasteiger partial charge on any atom is 0.426 e. The van der Waals surface area contributed by atoms with Crippen molar-refractivity contribution in [2.24, 2.45) is 0 Å². The number of methoxy groups -OCH3 is 1. The van der Waals surface area contributed by atoms with Crippen LogP contribution in [0.1, 0.15) is 69.4 Å². The smallest absolute Gasteiger partial charge is 0.426 e. The Bertz CT molecular complexity index is 1150. The minimum Gasteiger partial charge on any atom is -0.464 e. The van der Waals surface area contributed by atoms with Crippen molar-refractivity contribution in [2.75, 3.05) is 53.9 Å². The molecule has 0 fully saturated rings. The third-order valence-electron chi connectivity index (χ3n) is 5.14. The highest BCUT2D eigenvalue weighted by molar-refractivity contribution is 5.94. The lowest BCUT2D eigenvalue weighted by Crippen LogP contribution is -2.37. The van der Waals surface area contributed by atoms with E-state index in [-0.39, 0.29) is 29.0 Å². The van der Waals surface area contributed by atoms with Gasteiger partial charge in [0.25, 0.3) is 5.91 Å². The molecular weight excluding hydrogens is 508 g/mol. The number of amides is 2. The van der Waals surface area contributed by atoms with Crippen molar-refractivity contribution in [3.8, 4) is 0 Å². The zero-order chi connectivity index (χ0) is 29.2. The summed E-state index contributed by atoms with van der Waals surface area (Å²) >= 11 is 0. The lowest BCUT2D eigenvalue weighted by atomic mass is 10.2. The van der Waals surface area contributed by atoms with Gasteiger partial charge in [-0.2, -0.15) is 9.97 Å². The summed E-state index contributed by atoms with van der Waals surface area (Å²) in [5.74, 6) is -0.350.